The van der Waals surface area contributed by atoms with Gasteiger partial charge in [-0.3, -0.25) is 9.78 Å². The highest BCUT2D eigenvalue weighted by Crippen LogP contribution is 2.28. The summed E-state index contributed by atoms with van der Waals surface area (Å²) in [7, 11) is 0. The molecular weight excluding hydrogens is 376 g/mol. The summed E-state index contributed by atoms with van der Waals surface area (Å²) in [5.74, 6) is 0.227. The van der Waals surface area contributed by atoms with E-state index in [4.69, 9.17) is 16.0 Å². The maximum absolute atomic E-state index is 12.6. The van der Waals surface area contributed by atoms with Crippen molar-refractivity contribution in [2.45, 2.75) is 13.5 Å². The summed E-state index contributed by atoms with van der Waals surface area (Å²) in [6.07, 6.45) is 4.96. The normalized spacial score (nSPS) is 10.8. The summed E-state index contributed by atoms with van der Waals surface area (Å²) >= 11 is 6.21. The van der Waals surface area contributed by atoms with Crippen LogP contribution in [-0.4, -0.2) is 15.9 Å². The van der Waals surface area contributed by atoms with E-state index in [1.807, 2.05) is 37.3 Å². The van der Waals surface area contributed by atoms with Crippen LogP contribution in [0.4, 0.5) is 11.5 Å². The number of aryl methyl sites for hydroxylation is 1. The molecule has 0 radical (unpaired) electrons. The number of hydrogen-bond acceptors (Lipinski definition) is 5. The molecule has 0 aliphatic rings. The number of carbonyl (C=O) groups is 1. The lowest BCUT2D eigenvalue weighted by Crippen LogP contribution is -2.24. The predicted molar refractivity (Wildman–Crippen MR) is 109 cm³/mol. The Morgan fingerprint density at radius 1 is 1.21 bits per heavy atom. The topological polar surface area (TPSA) is 80.0 Å². The second-order valence-corrected chi connectivity index (χ2v) is 6.73. The third-order valence-corrected chi connectivity index (χ3v) is 4.70. The fraction of sp³-hybridized carbons (Fsp3) is 0.0952. The molecule has 140 valence electrons. The van der Waals surface area contributed by atoms with Crippen LogP contribution in [0.15, 0.2) is 65.5 Å². The first-order valence-electron chi connectivity index (χ1n) is 8.69. The molecule has 0 aliphatic heterocycles. The minimum absolute atomic E-state index is 0.257. The Hall–Kier alpha value is -3.38. The molecule has 3 aromatic heterocycles. The third kappa shape index (κ3) is 3.82. The first-order valence-corrected chi connectivity index (χ1v) is 9.06. The van der Waals surface area contributed by atoms with E-state index in [9.17, 15) is 4.79 Å². The molecule has 1 amide bonds. The van der Waals surface area contributed by atoms with E-state index >= 15 is 0 Å². The lowest BCUT2D eigenvalue weighted by Gasteiger charge is -2.10. The van der Waals surface area contributed by atoms with E-state index in [1.165, 1.54) is 0 Å². The fourth-order valence-corrected chi connectivity index (χ4v) is 2.94. The number of carbonyl (C=O) groups excluding carboxylic acids is 1. The maximum Gasteiger partial charge on any atom is 0.270 e. The Balaban J connectivity index is 1.61. The summed E-state index contributed by atoms with van der Waals surface area (Å²) < 4.78 is 5.50. The standard InChI is InChI=1S/C21H17ClN4O2/c1-13-4-5-15(9-17(13)22)25-20-16-6-8-28-19(16)10-18(26-20)21(27)24-12-14-3-2-7-23-11-14/h2-11H,12H2,1H3,(H,24,27)(H,25,26). The highest BCUT2D eigenvalue weighted by Gasteiger charge is 2.14. The van der Waals surface area contributed by atoms with Crippen LogP contribution in [0.2, 0.25) is 5.02 Å². The summed E-state index contributed by atoms with van der Waals surface area (Å²) in [6, 6.07) is 12.8. The Labute approximate surface area is 166 Å². The molecule has 0 aliphatic carbocycles. The summed E-state index contributed by atoms with van der Waals surface area (Å²) in [4.78, 5) is 21.1. The zero-order valence-corrected chi connectivity index (χ0v) is 15.8. The molecule has 0 atom stereocenters. The lowest BCUT2D eigenvalue weighted by atomic mass is 10.2. The minimum atomic E-state index is -0.299. The zero-order chi connectivity index (χ0) is 19.5. The van der Waals surface area contributed by atoms with Gasteiger partial charge in [0, 0.05) is 35.7 Å². The number of nitrogens with one attached hydrogen (secondary N) is 2. The number of pyridine rings is 2. The smallest absolute Gasteiger partial charge is 0.270 e. The third-order valence-electron chi connectivity index (χ3n) is 4.29. The highest BCUT2D eigenvalue weighted by atomic mass is 35.5. The van der Waals surface area contributed by atoms with Gasteiger partial charge in [-0.2, -0.15) is 0 Å². The van der Waals surface area contributed by atoms with Gasteiger partial charge in [0.25, 0.3) is 5.91 Å². The van der Waals surface area contributed by atoms with Gasteiger partial charge in [0.05, 0.1) is 11.6 Å². The van der Waals surface area contributed by atoms with Crippen LogP contribution in [-0.2, 0) is 6.54 Å². The molecule has 0 fully saturated rings. The number of anilines is 2. The van der Waals surface area contributed by atoms with E-state index in [2.05, 4.69) is 20.6 Å². The molecule has 2 N–H and O–H groups in total. The number of hydrogen-bond donors (Lipinski definition) is 2. The average Bonchev–Trinajstić information content (AvgIpc) is 3.19. The Morgan fingerprint density at radius 2 is 2.11 bits per heavy atom. The molecule has 6 nitrogen and oxygen atoms in total. The second kappa shape index (κ2) is 7.70. The molecule has 7 heteroatoms. The van der Waals surface area contributed by atoms with E-state index in [1.54, 1.807) is 30.8 Å². The van der Waals surface area contributed by atoms with Gasteiger partial charge in [-0.25, -0.2) is 4.98 Å². The van der Waals surface area contributed by atoms with Crippen LogP contribution in [0.1, 0.15) is 21.6 Å². The second-order valence-electron chi connectivity index (χ2n) is 6.32. The van der Waals surface area contributed by atoms with Crippen molar-refractivity contribution < 1.29 is 9.21 Å². The van der Waals surface area contributed by atoms with Gasteiger partial charge >= 0.3 is 0 Å². The largest absolute Gasteiger partial charge is 0.464 e. The van der Waals surface area contributed by atoms with Gasteiger partial charge in [0.1, 0.15) is 17.1 Å². The van der Waals surface area contributed by atoms with Crippen molar-refractivity contribution >= 4 is 40.0 Å². The predicted octanol–water partition coefficient (Wildman–Crippen LogP) is 4.86. The number of nitrogens with zero attached hydrogens (tertiary/aromatic N) is 2. The molecule has 1 aromatic carbocycles. The Kier molecular flexibility index (Phi) is 4.95. The van der Waals surface area contributed by atoms with Crippen molar-refractivity contribution in [1.29, 1.82) is 0 Å². The number of furan rings is 1. The highest BCUT2D eigenvalue weighted by molar-refractivity contribution is 6.31. The van der Waals surface area contributed by atoms with Crippen molar-refractivity contribution in [3.05, 3.63) is 83.0 Å². The molecule has 0 saturated carbocycles. The lowest BCUT2D eigenvalue weighted by molar-refractivity contribution is 0.0946. The molecule has 28 heavy (non-hydrogen) atoms. The van der Waals surface area contributed by atoms with E-state index in [0.29, 0.717) is 23.0 Å². The fourth-order valence-electron chi connectivity index (χ4n) is 2.76. The van der Waals surface area contributed by atoms with Crippen molar-refractivity contribution in [3.8, 4) is 0 Å². The van der Waals surface area contributed by atoms with Gasteiger partial charge in [-0.05, 0) is 42.3 Å². The van der Waals surface area contributed by atoms with Crippen LogP contribution in [0.5, 0.6) is 0 Å². The van der Waals surface area contributed by atoms with Crippen LogP contribution in [0.3, 0.4) is 0 Å². The number of aromatic nitrogens is 2. The molecule has 0 unspecified atom stereocenters. The number of fused-ring (bicyclic) bond motifs is 1. The molecule has 3 heterocycles. The zero-order valence-electron chi connectivity index (χ0n) is 15.1. The van der Waals surface area contributed by atoms with Crippen molar-refractivity contribution in [2.75, 3.05) is 5.32 Å². The van der Waals surface area contributed by atoms with Crippen LogP contribution in [0.25, 0.3) is 11.0 Å². The van der Waals surface area contributed by atoms with Gasteiger partial charge < -0.3 is 15.1 Å². The van der Waals surface area contributed by atoms with Crippen molar-refractivity contribution in [3.63, 3.8) is 0 Å². The van der Waals surface area contributed by atoms with Crippen LogP contribution >= 0.6 is 11.6 Å². The number of benzene rings is 1. The van der Waals surface area contributed by atoms with Gasteiger partial charge in [-0.15, -0.1) is 0 Å². The monoisotopic (exact) mass is 392 g/mol. The average molecular weight is 393 g/mol. The SMILES string of the molecule is Cc1ccc(Nc2nc(C(=O)NCc3cccnc3)cc3occc23)cc1Cl. The van der Waals surface area contributed by atoms with Gasteiger partial charge in [-0.1, -0.05) is 23.7 Å². The van der Waals surface area contributed by atoms with Crippen LogP contribution in [0, 0.1) is 6.92 Å². The maximum atomic E-state index is 12.6. The molecular formula is C21H17ClN4O2. The molecule has 0 bridgehead atoms. The molecule has 0 spiro atoms. The summed E-state index contributed by atoms with van der Waals surface area (Å²) in [6.45, 7) is 2.30. The quantitative estimate of drug-likeness (QED) is 0.507. The summed E-state index contributed by atoms with van der Waals surface area (Å²) in [5.41, 5.74) is 3.49. The molecule has 4 aromatic rings. The molecule has 0 saturated heterocycles. The number of rotatable bonds is 5. The van der Waals surface area contributed by atoms with Gasteiger partial charge in [0.2, 0.25) is 0 Å². The van der Waals surface area contributed by atoms with Crippen molar-refractivity contribution in [2.24, 2.45) is 0 Å². The first kappa shape index (κ1) is 18.0. The number of halogens is 1. The Morgan fingerprint density at radius 3 is 2.89 bits per heavy atom. The van der Waals surface area contributed by atoms with Crippen LogP contribution < -0.4 is 10.6 Å². The van der Waals surface area contributed by atoms with E-state index < -0.39 is 0 Å². The van der Waals surface area contributed by atoms with E-state index in [-0.39, 0.29) is 11.6 Å². The van der Waals surface area contributed by atoms with Gasteiger partial charge in [0.15, 0.2) is 0 Å². The van der Waals surface area contributed by atoms with E-state index in [0.717, 1.165) is 22.2 Å². The molecule has 4 rings (SSSR count). The summed E-state index contributed by atoms with van der Waals surface area (Å²) in [5, 5.41) is 7.50. The first-order chi connectivity index (χ1) is 13.6. The Bertz CT molecular complexity index is 1140. The minimum Gasteiger partial charge on any atom is -0.464 e. The number of amides is 1. The van der Waals surface area contributed by atoms with Crippen molar-refractivity contribution in [1.82, 2.24) is 15.3 Å².